The molecule has 0 N–H and O–H groups in total. The maximum absolute atomic E-state index is 12.6. The SMILES string of the molecule is CCCCCCCC/C=C/CCCCCC(=O)O[C@H](COC(=O)CCCCCCCCCCCCCC)COP(=O)([O-])OCC[N+](C)(C)C. The zero-order valence-electron chi connectivity index (χ0n) is 32.4. The van der Waals surface area contributed by atoms with Crippen molar-refractivity contribution in [3.05, 3.63) is 12.2 Å². The summed E-state index contributed by atoms with van der Waals surface area (Å²) in [5.74, 6) is -0.849. The van der Waals surface area contributed by atoms with Crippen LogP contribution in [0.4, 0.5) is 0 Å². The van der Waals surface area contributed by atoms with Gasteiger partial charge < -0.3 is 27.9 Å². The molecule has 0 saturated carbocycles. The number of unbranched alkanes of at least 4 members (excludes halogenated alkanes) is 20. The Bertz CT molecular complexity index is 860. The van der Waals surface area contributed by atoms with Crippen molar-refractivity contribution in [2.45, 2.75) is 180 Å². The number of ether oxygens (including phenoxy) is 2. The Morgan fingerprint density at radius 2 is 1.04 bits per heavy atom. The van der Waals surface area contributed by atoms with Crippen LogP contribution in [0.5, 0.6) is 0 Å². The van der Waals surface area contributed by atoms with Crippen LogP contribution in [0.15, 0.2) is 12.2 Å². The highest BCUT2D eigenvalue weighted by molar-refractivity contribution is 7.45. The maximum atomic E-state index is 12.6. The lowest BCUT2D eigenvalue weighted by Gasteiger charge is -2.28. The molecular formula is C39H76NO8P. The fourth-order valence-electron chi connectivity index (χ4n) is 5.35. The van der Waals surface area contributed by atoms with Gasteiger partial charge in [-0.2, -0.15) is 0 Å². The van der Waals surface area contributed by atoms with Crippen LogP contribution in [-0.2, 0) is 32.7 Å². The topological polar surface area (TPSA) is 111 Å². The van der Waals surface area contributed by atoms with Gasteiger partial charge in [0.05, 0.1) is 27.7 Å². The van der Waals surface area contributed by atoms with E-state index in [1.165, 1.54) is 96.3 Å². The molecule has 0 aliphatic heterocycles. The number of esters is 2. The number of carbonyl (C=O) groups is 2. The van der Waals surface area contributed by atoms with Gasteiger partial charge in [0, 0.05) is 12.8 Å². The van der Waals surface area contributed by atoms with E-state index < -0.39 is 26.5 Å². The first kappa shape index (κ1) is 47.8. The first-order valence-electron chi connectivity index (χ1n) is 19.9. The van der Waals surface area contributed by atoms with Crippen molar-refractivity contribution in [3.63, 3.8) is 0 Å². The van der Waals surface area contributed by atoms with E-state index in [4.69, 9.17) is 18.5 Å². The first-order valence-corrected chi connectivity index (χ1v) is 21.4. The molecule has 0 spiro atoms. The highest BCUT2D eigenvalue weighted by Crippen LogP contribution is 2.38. The van der Waals surface area contributed by atoms with Crippen LogP contribution in [0.3, 0.4) is 0 Å². The molecule has 0 fully saturated rings. The average Bonchev–Trinajstić information content (AvgIpc) is 3.04. The molecule has 0 rings (SSSR count). The highest BCUT2D eigenvalue weighted by atomic mass is 31.2. The summed E-state index contributed by atoms with van der Waals surface area (Å²) in [7, 11) is 1.16. The van der Waals surface area contributed by atoms with Crippen LogP contribution in [-0.4, -0.2) is 70.0 Å². The number of rotatable bonds is 36. The molecule has 0 aliphatic rings. The summed E-state index contributed by atoms with van der Waals surface area (Å²) in [6.07, 6.45) is 30.9. The summed E-state index contributed by atoms with van der Waals surface area (Å²) in [5.41, 5.74) is 0. The summed E-state index contributed by atoms with van der Waals surface area (Å²) >= 11 is 0. The summed E-state index contributed by atoms with van der Waals surface area (Å²) < 4.78 is 33.7. The van der Waals surface area contributed by atoms with E-state index in [1.807, 2.05) is 21.1 Å². The van der Waals surface area contributed by atoms with Crippen molar-refractivity contribution >= 4 is 19.8 Å². The van der Waals surface area contributed by atoms with Crippen LogP contribution in [0, 0.1) is 0 Å². The highest BCUT2D eigenvalue weighted by Gasteiger charge is 2.21. The van der Waals surface area contributed by atoms with Crippen LogP contribution < -0.4 is 4.89 Å². The number of phosphoric acid groups is 1. The predicted octanol–water partition coefficient (Wildman–Crippen LogP) is 10.00. The van der Waals surface area contributed by atoms with Gasteiger partial charge in [-0.15, -0.1) is 0 Å². The maximum Gasteiger partial charge on any atom is 0.306 e. The predicted molar refractivity (Wildman–Crippen MR) is 199 cm³/mol. The van der Waals surface area contributed by atoms with Crippen molar-refractivity contribution in [1.29, 1.82) is 0 Å². The number of nitrogens with zero attached hydrogens (tertiary/aromatic N) is 1. The summed E-state index contributed by atoms with van der Waals surface area (Å²) in [6, 6.07) is 0. The van der Waals surface area contributed by atoms with Crippen LogP contribution >= 0.6 is 7.82 Å². The van der Waals surface area contributed by atoms with Crippen LogP contribution in [0.2, 0.25) is 0 Å². The summed E-state index contributed by atoms with van der Waals surface area (Å²) in [6.45, 7) is 4.19. The molecule has 1 unspecified atom stereocenters. The standard InChI is InChI=1S/C39H76NO8P/c1-6-8-10-12-14-16-18-20-22-24-26-28-30-32-39(42)48-37(36-47-49(43,44)46-34-33-40(3,4)5)35-45-38(41)31-29-27-25-23-21-19-17-15-13-11-9-7-2/h20,22,37H,6-19,21,23-36H2,1-5H3/b22-20+/t37-/m1/s1. The molecule has 0 aliphatic carbocycles. The molecule has 0 radical (unpaired) electrons. The van der Waals surface area contributed by atoms with Crippen molar-refractivity contribution in [2.75, 3.05) is 47.5 Å². The molecule has 0 aromatic rings. The molecule has 0 heterocycles. The monoisotopic (exact) mass is 718 g/mol. The van der Waals surface area contributed by atoms with E-state index in [0.717, 1.165) is 44.9 Å². The lowest BCUT2D eigenvalue weighted by atomic mass is 10.0. The molecule has 290 valence electrons. The molecule has 0 bridgehead atoms. The van der Waals surface area contributed by atoms with Crippen molar-refractivity contribution in [3.8, 4) is 0 Å². The third-order valence-corrected chi connectivity index (χ3v) is 9.50. The molecule has 10 heteroatoms. The quantitative estimate of drug-likeness (QED) is 0.0207. The molecule has 2 atom stereocenters. The Balaban J connectivity index is 4.44. The van der Waals surface area contributed by atoms with Gasteiger partial charge in [0.2, 0.25) is 0 Å². The Morgan fingerprint density at radius 1 is 0.612 bits per heavy atom. The molecule has 49 heavy (non-hydrogen) atoms. The van der Waals surface area contributed by atoms with E-state index in [9.17, 15) is 19.0 Å². The van der Waals surface area contributed by atoms with Crippen molar-refractivity contribution in [1.82, 2.24) is 0 Å². The molecular weight excluding hydrogens is 641 g/mol. The first-order chi connectivity index (χ1) is 23.5. The number of quaternary nitrogens is 1. The lowest BCUT2D eigenvalue weighted by molar-refractivity contribution is -0.870. The molecule has 0 amide bonds. The van der Waals surface area contributed by atoms with Crippen LogP contribution in [0.1, 0.15) is 174 Å². The fraction of sp³-hybridized carbons (Fsp3) is 0.897. The Hall–Kier alpha value is -1.25. The van der Waals surface area contributed by atoms with Gasteiger partial charge in [0.15, 0.2) is 6.10 Å². The van der Waals surface area contributed by atoms with Crippen molar-refractivity contribution in [2.24, 2.45) is 0 Å². The van der Waals surface area contributed by atoms with Crippen molar-refractivity contribution < 1.29 is 42.1 Å². The Labute approximate surface area is 301 Å². The second kappa shape index (κ2) is 32.6. The smallest absolute Gasteiger partial charge is 0.306 e. The van der Waals surface area contributed by atoms with Gasteiger partial charge in [-0.1, -0.05) is 135 Å². The van der Waals surface area contributed by atoms with Gasteiger partial charge in [0.1, 0.15) is 19.8 Å². The summed E-state index contributed by atoms with van der Waals surface area (Å²) in [5, 5.41) is 0. The normalized spacial score (nSPS) is 13.8. The van der Waals surface area contributed by atoms with Crippen LogP contribution in [0.25, 0.3) is 0 Å². The third-order valence-electron chi connectivity index (χ3n) is 8.54. The summed E-state index contributed by atoms with van der Waals surface area (Å²) in [4.78, 5) is 37.3. The number of likely N-dealkylation sites (N-methyl/N-ethyl adjacent to an activating group) is 1. The van der Waals surface area contributed by atoms with Gasteiger partial charge in [-0.25, -0.2) is 0 Å². The third kappa shape index (κ3) is 36.3. The zero-order valence-corrected chi connectivity index (χ0v) is 33.3. The van der Waals surface area contributed by atoms with E-state index in [0.29, 0.717) is 17.4 Å². The number of hydrogen-bond donors (Lipinski definition) is 0. The Morgan fingerprint density at radius 3 is 1.53 bits per heavy atom. The number of carbonyl (C=O) groups excluding carboxylic acids is 2. The second-order valence-corrected chi connectivity index (χ2v) is 16.1. The van der Waals surface area contributed by atoms with Gasteiger partial charge in [0.25, 0.3) is 7.82 Å². The number of hydrogen-bond acceptors (Lipinski definition) is 8. The second-order valence-electron chi connectivity index (χ2n) is 14.7. The molecule has 0 aromatic carbocycles. The average molecular weight is 718 g/mol. The minimum Gasteiger partial charge on any atom is -0.756 e. The largest absolute Gasteiger partial charge is 0.756 e. The van der Waals surface area contributed by atoms with Gasteiger partial charge in [-0.3, -0.25) is 14.2 Å². The fourth-order valence-corrected chi connectivity index (χ4v) is 6.08. The van der Waals surface area contributed by atoms with Gasteiger partial charge >= 0.3 is 11.9 Å². The molecule has 0 saturated heterocycles. The van der Waals surface area contributed by atoms with E-state index in [1.54, 1.807) is 0 Å². The Kier molecular flexibility index (Phi) is 31.8. The minimum atomic E-state index is -4.62. The number of allylic oxidation sites excluding steroid dienone is 2. The zero-order chi connectivity index (χ0) is 36.5. The molecule has 9 nitrogen and oxygen atoms in total. The lowest BCUT2D eigenvalue weighted by Crippen LogP contribution is -2.37. The number of phosphoric ester groups is 1. The van der Waals surface area contributed by atoms with E-state index >= 15 is 0 Å². The van der Waals surface area contributed by atoms with E-state index in [-0.39, 0.29) is 32.0 Å². The van der Waals surface area contributed by atoms with Gasteiger partial charge in [-0.05, 0) is 38.5 Å². The van der Waals surface area contributed by atoms with E-state index in [2.05, 4.69) is 26.0 Å². The molecule has 0 aromatic heterocycles. The minimum absolute atomic E-state index is 0.0308.